The summed E-state index contributed by atoms with van der Waals surface area (Å²) in [5.74, 6) is -0.235. The summed E-state index contributed by atoms with van der Waals surface area (Å²) in [6, 6.07) is 7.83. The lowest BCUT2D eigenvalue weighted by Crippen LogP contribution is -2.36. The van der Waals surface area contributed by atoms with Crippen LogP contribution in [0.2, 0.25) is 0 Å². The summed E-state index contributed by atoms with van der Waals surface area (Å²) in [4.78, 5) is 28.1. The molecule has 0 aliphatic heterocycles. The SMILES string of the molecule is CC(C)(C)C(=O)NCCC(=O)Nc1nc(-c2cccc(Br)c2)cs1. The Balaban J connectivity index is 1.86. The van der Waals surface area contributed by atoms with Crippen LogP contribution < -0.4 is 10.6 Å². The molecule has 2 rings (SSSR count). The molecule has 0 unspecified atom stereocenters. The van der Waals surface area contributed by atoms with Gasteiger partial charge in [-0.15, -0.1) is 11.3 Å². The second-order valence-electron chi connectivity index (χ2n) is 6.35. The van der Waals surface area contributed by atoms with Gasteiger partial charge in [0.1, 0.15) is 0 Å². The van der Waals surface area contributed by atoms with Crippen LogP contribution in [0.4, 0.5) is 5.13 Å². The number of nitrogens with zero attached hydrogens (tertiary/aromatic N) is 1. The van der Waals surface area contributed by atoms with Crippen molar-refractivity contribution in [3.8, 4) is 11.3 Å². The normalized spacial score (nSPS) is 11.2. The smallest absolute Gasteiger partial charge is 0.227 e. The maximum absolute atomic E-state index is 11.9. The highest BCUT2D eigenvalue weighted by molar-refractivity contribution is 9.10. The van der Waals surface area contributed by atoms with E-state index in [0.29, 0.717) is 11.7 Å². The molecule has 0 fully saturated rings. The monoisotopic (exact) mass is 409 g/mol. The number of benzene rings is 1. The Morgan fingerprint density at radius 3 is 2.71 bits per heavy atom. The molecular formula is C17H20BrN3O2S. The van der Waals surface area contributed by atoms with E-state index < -0.39 is 5.41 Å². The van der Waals surface area contributed by atoms with Crippen LogP contribution in [0.15, 0.2) is 34.1 Å². The fourth-order valence-electron chi connectivity index (χ4n) is 1.85. The third kappa shape index (κ3) is 5.42. The van der Waals surface area contributed by atoms with Crippen molar-refractivity contribution < 1.29 is 9.59 Å². The molecule has 2 aromatic rings. The van der Waals surface area contributed by atoms with Crippen LogP contribution in [0.25, 0.3) is 11.3 Å². The summed E-state index contributed by atoms with van der Waals surface area (Å²) in [6.07, 6.45) is 0.216. The summed E-state index contributed by atoms with van der Waals surface area (Å²) >= 11 is 4.81. The summed E-state index contributed by atoms with van der Waals surface area (Å²) in [6.45, 7) is 5.82. The Labute approximate surface area is 154 Å². The molecule has 128 valence electrons. The molecule has 2 N–H and O–H groups in total. The number of carbonyl (C=O) groups is 2. The standard InChI is InChI=1S/C17H20BrN3O2S/c1-17(2,3)15(23)19-8-7-14(22)21-16-20-13(10-24-16)11-5-4-6-12(18)9-11/h4-6,9-10H,7-8H2,1-3H3,(H,19,23)(H,20,21,22). The Bertz CT molecular complexity index is 737. The lowest BCUT2D eigenvalue weighted by atomic mass is 9.96. The van der Waals surface area contributed by atoms with Crippen molar-refractivity contribution in [2.24, 2.45) is 5.41 Å². The third-order valence-electron chi connectivity index (χ3n) is 3.19. The van der Waals surface area contributed by atoms with Gasteiger partial charge < -0.3 is 10.6 Å². The summed E-state index contributed by atoms with van der Waals surface area (Å²) in [5.41, 5.74) is 1.35. The number of halogens is 1. The molecule has 0 bridgehead atoms. The predicted octanol–water partition coefficient (Wildman–Crippen LogP) is 4.06. The van der Waals surface area contributed by atoms with Gasteiger partial charge in [0.15, 0.2) is 5.13 Å². The van der Waals surface area contributed by atoms with Gasteiger partial charge in [-0.1, -0.05) is 48.8 Å². The minimum absolute atomic E-state index is 0.0681. The van der Waals surface area contributed by atoms with Gasteiger partial charge in [0.25, 0.3) is 0 Å². The number of amides is 2. The van der Waals surface area contributed by atoms with Gasteiger partial charge >= 0.3 is 0 Å². The lowest BCUT2D eigenvalue weighted by molar-refractivity contribution is -0.128. The zero-order valence-corrected chi connectivity index (χ0v) is 16.3. The summed E-state index contributed by atoms with van der Waals surface area (Å²) in [7, 11) is 0. The highest BCUT2D eigenvalue weighted by Gasteiger charge is 2.20. The van der Waals surface area contributed by atoms with Crippen LogP contribution in [-0.2, 0) is 9.59 Å². The van der Waals surface area contributed by atoms with E-state index in [1.807, 2.05) is 50.4 Å². The number of carbonyl (C=O) groups excluding carboxylic acids is 2. The van der Waals surface area contributed by atoms with E-state index in [0.717, 1.165) is 15.7 Å². The molecule has 0 radical (unpaired) electrons. The Hall–Kier alpha value is -1.73. The average Bonchev–Trinajstić information content (AvgIpc) is 2.94. The molecule has 7 heteroatoms. The zero-order valence-electron chi connectivity index (χ0n) is 13.9. The summed E-state index contributed by atoms with van der Waals surface area (Å²) < 4.78 is 0.980. The minimum atomic E-state index is -0.454. The first-order valence-electron chi connectivity index (χ1n) is 7.55. The molecule has 0 saturated heterocycles. The van der Waals surface area contributed by atoms with Crippen molar-refractivity contribution in [2.45, 2.75) is 27.2 Å². The molecule has 24 heavy (non-hydrogen) atoms. The van der Waals surface area contributed by atoms with E-state index in [1.54, 1.807) is 0 Å². The van der Waals surface area contributed by atoms with Crippen LogP contribution >= 0.6 is 27.3 Å². The molecule has 2 amide bonds. The number of rotatable bonds is 5. The number of aromatic nitrogens is 1. The van der Waals surface area contributed by atoms with Gasteiger partial charge in [-0.25, -0.2) is 4.98 Å². The molecular weight excluding hydrogens is 390 g/mol. The Morgan fingerprint density at radius 2 is 2.04 bits per heavy atom. The molecule has 1 heterocycles. The van der Waals surface area contributed by atoms with E-state index in [1.165, 1.54) is 11.3 Å². The predicted molar refractivity (Wildman–Crippen MR) is 101 cm³/mol. The second-order valence-corrected chi connectivity index (χ2v) is 8.13. The van der Waals surface area contributed by atoms with E-state index in [-0.39, 0.29) is 18.2 Å². The van der Waals surface area contributed by atoms with Crippen LogP contribution in [0, 0.1) is 5.41 Å². The molecule has 0 atom stereocenters. The molecule has 0 aliphatic rings. The van der Waals surface area contributed by atoms with Crippen molar-refractivity contribution in [2.75, 3.05) is 11.9 Å². The fourth-order valence-corrected chi connectivity index (χ4v) is 2.98. The average molecular weight is 410 g/mol. The minimum Gasteiger partial charge on any atom is -0.355 e. The van der Waals surface area contributed by atoms with Gasteiger partial charge in [-0.05, 0) is 12.1 Å². The first-order valence-corrected chi connectivity index (χ1v) is 9.22. The van der Waals surface area contributed by atoms with E-state index in [4.69, 9.17) is 0 Å². The van der Waals surface area contributed by atoms with Crippen LogP contribution in [0.5, 0.6) is 0 Å². The van der Waals surface area contributed by atoms with E-state index in [9.17, 15) is 9.59 Å². The fraction of sp³-hybridized carbons (Fsp3) is 0.353. The van der Waals surface area contributed by atoms with Gasteiger partial charge in [0.05, 0.1) is 5.69 Å². The van der Waals surface area contributed by atoms with Crippen molar-refractivity contribution in [1.29, 1.82) is 0 Å². The van der Waals surface area contributed by atoms with Gasteiger partial charge in [0.2, 0.25) is 11.8 Å². The van der Waals surface area contributed by atoms with Crippen molar-refractivity contribution in [3.63, 3.8) is 0 Å². The lowest BCUT2D eigenvalue weighted by Gasteiger charge is -2.17. The largest absolute Gasteiger partial charge is 0.355 e. The van der Waals surface area contributed by atoms with Crippen molar-refractivity contribution >= 4 is 44.2 Å². The first-order chi connectivity index (χ1) is 11.3. The van der Waals surface area contributed by atoms with Gasteiger partial charge in [-0.3, -0.25) is 9.59 Å². The van der Waals surface area contributed by atoms with E-state index >= 15 is 0 Å². The topological polar surface area (TPSA) is 71.1 Å². The number of nitrogens with one attached hydrogen (secondary N) is 2. The molecule has 0 saturated carbocycles. The van der Waals surface area contributed by atoms with Crippen LogP contribution in [0.3, 0.4) is 0 Å². The quantitative estimate of drug-likeness (QED) is 0.781. The molecule has 1 aromatic heterocycles. The molecule has 1 aromatic carbocycles. The van der Waals surface area contributed by atoms with Gasteiger partial charge in [0, 0.05) is 33.8 Å². The van der Waals surface area contributed by atoms with Crippen LogP contribution in [0.1, 0.15) is 27.2 Å². The number of hydrogen-bond donors (Lipinski definition) is 2. The maximum atomic E-state index is 11.9. The first kappa shape index (κ1) is 18.6. The number of thiazole rings is 1. The Morgan fingerprint density at radius 1 is 1.29 bits per heavy atom. The van der Waals surface area contributed by atoms with Gasteiger partial charge in [-0.2, -0.15) is 0 Å². The molecule has 0 spiro atoms. The van der Waals surface area contributed by atoms with E-state index in [2.05, 4.69) is 31.5 Å². The third-order valence-corrected chi connectivity index (χ3v) is 4.44. The highest BCUT2D eigenvalue weighted by Crippen LogP contribution is 2.26. The zero-order chi connectivity index (χ0) is 17.7. The second kappa shape index (κ2) is 7.90. The molecule has 5 nitrogen and oxygen atoms in total. The number of anilines is 1. The maximum Gasteiger partial charge on any atom is 0.227 e. The highest BCUT2D eigenvalue weighted by atomic mass is 79.9. The van der Waals surface area contributed by atoms with Crippen molar-refractivity contribution in [1.82, 2.24) is 10.3 Å². The van der Waals surface area contributed by atoms with Crippen LogP contribution in [-0.4, -0.2) is 23.3 Å². The summed E-state index contributed by atoms with van der Waals surface area (Å²) in [5, 5.41) is 7.97. The molecule has 0 aliphatic carbocycles. The van der Waals surface area contributed by atoms with Crippen molar-refractivity contribution in [3.05, 3.63) is 34.1 Å². The number of hydrogen-bond acceptors (Lipinski definition) is 4. The Kier molecular flexibility index (Phi) is 6.12.